The highest BCUT2D eigenvalue weighted by Crippen LogP contribution is 2.20. The molecule has 0 saturated heterocycles. The Kier molecular flexibility index (Phi) is 5.33. The van der Waals surface area contributed by atoms with Crippen molar-refractivity contribution in [3.63, 3.8) is 0 Å². The van der Waals surface area contributed by atoms with E-state index in [1.165, 1.54) is 6.08 Å². The third kappa shape index (κ3) is 3.61. The summed E-state index contributed by atoms with van der Waals surface area (Å²) in [5.41, 5.74) is 4.67. The minimum atomic E-state index is -1.08. The number of rotatable bonds is 5. The zero-order chi connectivity index (χ0) is 15.3. The first-order valence-corrected chi connectivity index (χ1v) is 5.65. The maximum Gasteiger partial charge on any atom is 0.340 e. The Labute approximate surface area is 114 Å². The number of carbonyl (C=O) groups excluding carboxylic acids is 2. The van der Waals surface area contributed by atoms with Crippen LogP contribution < -0.4 is 11.1 Å². The molecular formula is C13H14F2N2O3. The highest BCUT2D eigenvalue weighted by atomic mass is 19.1. The van der Waals surface area contributed by atoms with Gasteiger partial charge in [-0.05, 0) is 12.5 Å². The van der Waals surface area contributed by atoms with Gasteiger partial charge in [-0.25, -0.2) is 13.6 Å². The van der Waals surface area contributed by atoms with E-state index in [2.05, 4.69) is 16.6 Å². The van der Waals surface area contributed by atoms with Gasteiger partial charge in [0.05, 0.1) is 24.4 Å². The van der Waals surface area contributed by atoms with Gasteiger partial charge >= 0.3 is 5.97 Å². The SMILES string of the molecule is C=CCC(N)C(=O)Nc1cc(C(=O)OC)c(F)cc1F. The average Bonchev–Trinajstić information content (AvgIpc) is 2.41. The van der Waals surface area contributed by atoms with Gasteiger partial charge in [0.25, 0.3) is 0 Å². The molecule has 0 aliphatic rings. The van der Waals surface area contributed by atoms with Crippen molar-refractivity contribution in [3.8, 4) is 0 Å². The van der Waals surface area contributed by atoms with Crippen LogP contribution in [-0.2, 0) is 9.53 Å². The van der Waals surface area contributed by atoms with Gasteiger partial charge in [-0.15, -0.1) is 6.58 Å². The number of nitrogens with one attached hydrogen (secondary N) is 1. The molecule has 0 aliphatic heterocycles. The normalized spacial score (nSPS) is 11.6. The van der Waals surface area contributed by atoms with Crippen LogP contribution in [0.25, 0.3) is 0 Å². The molecule has 7 heteroatoms. The number of methoxy groups -OCH3 is 1. The van der Waals surface area contributed by atoms with Crippen LogP contribution in [0.15, 0.2) is 24.8 Å². The Bertz CT molecular complexity index is 547. The molecule has 0 aliphatic carbocycles. The molecular weight excluding hydrogens is 270 g/mol. The van der Waals surface area contributed by atoms with Crippen LogP contribution in [0, 0.1) is 11.6 Å². The molecule has 108 valence electrons. The third-order valence-corrected chi connectivity index (χ3v) is 2.48. The number of halogens is 2. The second-order valence-corrected chi connectivity index (χ2v) is 3.92. The van der Waals surface area contributed by atoms with Crippen LogP contribution in [0.4, 0.5) is 14.5 Å². The average molecular weight is 284 g/mol. The van der Waals surface area contributed by atoms with Gasteiger partial charge in [-0.1, -0.05) is 6.08 Å². The fourth-order valence-electron chi connectivity index (χ4n) is 1.42. The van der Waals surface area contributed by atoms with Crippen LogP contribution in [0.2, 0.25) is 0 Å². The molecule has 0 heterocycles. The smallest absolute Gasteiger partial charge is 0.340 e. The van der Waals surface area contributed by atoms with E-state index in [9.17, 15) is 18.4 Å². The molecule has 1 rings (SSSR count). The monoisotopic (exact) mass is 284 g/mol. The molecule has 0 spiro atoms. The summed E-state index contributed by atoms with van der Waals surface area (Å²) >= 11 is 0. The summed E-state index contributed by atoms with van der Waals surface area (Å²) in [5.74, 6) is -3.75. The summed E-state index contributed by atoms with van der Waals surface area (Å²) in [6.45, 7) is 3.42. The fraction of sp³-hybridized carbons (Fsp3) is 0.231. The highest BCUT2D eigenvalue weighted by molar-refractivity contribution is 5.97. The maximum absolute atomic E-state index is 13.5. The maximum atomic E-state index is 13.5. The lowest BCUT2D eigenvalue weighted by atomic mass is 10.1. The Morgan fingerprint density at radius 1 is 1.45 bits per heavy atom. The quantitative estimate of drug-likeness (QED) is 0.635. The lowest BCUT2D eigenvalue weighted by Gasteiger charge is -2.12. The first-order valence-electron chi connectivity index (χ1n) is 5.65. The van der Waals surface area contributed by atoms with Crippen molar-refractivity contribution in [2.24, 2.45) is 5.73 Å². The first-order chi connectivity index (χ1) is 9.40. The van der Waals surface area contributed by atoms with Crippen molar-refractivity contribution in [2.75, 3.05) is 12.4 Å². The molecule has 5 nitrogen and oxygen atoms in total. The molecule has 20 heavy (non-hydrogen) atoms. The second kappa shape index (κ2) is 6.76. The predicted molar refractivity (Wildman–Crippen MR) is 69.1 cm³/mol. The molecule has 0 fully saturated rings. The molecule has 3 N–H and O–H groups in total. The largest absolute Gasteiger partial charge is 0.465 e. The van der Waals surface area contributed by atoms with Gasteiger partial charge in [0.1, 0.15) is 11.6 Å². The van der Waals surface area contributed by atoms with E-state index in [0.29, 0.717) is 6.07 Å². The summed E-state index contributed by atoms with van der Waals surface area (Å²) in [5, 5.41) is 2.18. The van der Waals surface area contributed by atoms with Gasteiger partial charge in [-0.3, -0.25) is 4.79 Å². The van der Waals surface area contributed by atoms with Gasteiger partial charge in [0, 0.05) is 6.07 Å². The zero-order valence-electron chi connectivity index (χ0n) is 10.8. The van der Waals surface area contributed by atoms with Crippen LogP contribution in [0.3, 0.4) is 0 Å². The number of carbonyl (C=O) groups is 2. The summed E-state index contributed by atoms with van der Waals surface area (Å²) in [6, 6.07) is 0.425. The number of ether oxygens (including phenoxy) is 1. The number of anilines is 1. The summed E-state index contributed by atoms with van der Waals surface area (Å²) in [4.78, 5) is 22.9. The highest BCUT2D eigenvalue weighted by Gasteiger charge is 2.19. The van der Waals surface area contributed by atoms with E-state index in [4.69, 9.17) is 5.73 Å². The van der Waals surface area contributed by atoms with Crippen LogP contribution in [0.5, 0.6) is 0 Å². The van der Waals surface area contributed by atoms with E-state index in [0.717, 1.165) is 13.2 Å². The number of hydrogen-bond donors (Lipinski definition) is 2. The number of nitrogens with two attached hydrogens (primary N) is 1. The van der Waals surface area contributed by atoms with E-state index < -0.39 is 35.1 Å². The van der Waals surface area contributed by atoms with Crippen LogP contribution >= 0.6 is 0 Å². The number of esters is 1. The van der Waals surface area contributed by atoms with Crippen molar-refractivity contribution >= 4 is 17.6 Å². The number of hydrogen-bond acceptors (Lipinski definition) is 4. The summed E-state index contributed by atoms with van der Waals surface area (Å²) < 4.78 is 31.3. The fourth-order valence-corrected chi connectivity index (χ4v) is 1.42. The Morgan fingerprint density at radius 3 is 2.65 bits per heavy atom. The van der Waals surface area contributed by atoms with Gasteiger partial charge in [-0.2, -0.15) is 0 Å². The number of amides is 1. The molecule has 1 amide bonds. The Hall–Kier alpha value is -2.28. The molecule has 1 unspecified atom stereocenters. The molecule has 0 radical (unpaired) electrons. The predicted octanol–water partition coefficient (Wildman–Crippen LogP) is 1.59. The molecule has 1 atom stereocenters. The van der Waals surface area contributed by atoms with Crippen molar-refractivity contribution in [1.82, 2.24) is 0 Å². The summed E-state index contributed by atoms with van der Waals surface area (Å²) in [6.07, 6.45) is 1.63. The topological polar surface area (TPSA) is 81.4 Å². The van der Waals surface area contributed by atoms with Crippen molar-refractivity contribution in [3.05, 3.63) is 42.0 Å². The molecule has 0 aromatic heterocycles. The minimum Gasteiger partial charge on any atom is -0.465 e. The van der Waals surface area contributed by atoms with E-state index in [-0.39, 0.29) is 12.1 Å². The molecule has 0 saturated carbocycles. The van der Waals surface area contributed by atoms with E-state index in [1.807, 2.05) is 0 Å². The summed E-state index contributed by atoms with van der Waals surface area (Å²) in [7, 11) is 1.06. The lowest BCUT2D eigenvalue weighted by Crippen LogP contribution is -2.35. The minimum absolute atomic E-state index is 0.193. The zero-order valence-corrected chi connectivity index (χ0v) is 10.8. The van der Waals surface area contributed by atoms with Crippen LogP contribution in [-0.4, -0.2) is 25.0 Å². The second-order valence-electron chi connectivity index (χ2n) is 3.92. The van der Waals surface area contributed by atoms with Crippen molar-refractivity contribution in [2.45, 2.75) is 12.5 Å². The van der Waals surface area contributed by atoms with Crippen molar-refractivity contribution < 1.29 is 23.1 Å². The van der Waals surface area contributed by atoms with E-state index >= 15 is 0 Å². The van der Waals surface area contributed by atoms with Gasteiger partial charge < -0.3 is 15.8 Å². The standard InChI is InChI=1S/C13H14F2N2O3/c1-3-4-10(16)12(18)17-11-5-7(13(19)20-2)8(14)6-9(11)15/h3,5-6,10H,1,4,16H2,2H3,(H,17,18). The molecule has 1 aromatic carbocycles. The Morgan fingerprint density at radius 2 is 2.10 bits per heavy atom. The lowest BCUT2D eigenvalue weighted by molar-refractivity contribution is -0.117. The Balaban J connectivity index is 3.03. The third-order valence-electron chi connectivity index (χ3n) is 2.48. The first kappa shape index (κ1) is 15.8. The number of benzene rings is 1. The van der Waals surface area contributed by atoms with Gasteiger partial charge in [0.2, 0.25) is 5.91 Å². The van der Waals surface area contributed by atoms with Crippen molar-refractivity contribution in [1.29, 1.82) is 0 Å². The van der Waals surface area contributed by atoms with Gasteiger partial charge in [0.15, 0.2) is 0 Å². The molecule has 0 bridgehead atoms. The van der Waals surface area contributed by atoms with Crippen LogP contribution in [0.1, 0.15) is 16.8 Å². The van der Waals surface area contributed by atoms with E-state index in [1.54, 1.807) is 0 Å². The molecule has 1 aromatic rings.